The smallest absolute Gasteiger partial charge is 0.277 e. The van der Waals surface area contributed by atoms with Crippen LogP contribution in [-0.4, -0.2) is 33.6 Å². The summed E-state index contributed by atoms with van der Waals surface area (Å²) in [6.45, 7) is 5.13. The zero-order valence-electron chi connectivity index (χ0n) is 9.12. The van der Waals surface area contributed by atoms with Crippen LogP contribution in [0.25, 0.3) is 0 Å². The third-order valence-electron chi connectivity index (χ3n) is 2.28. The maximum Gasteiger partial charge on any atom is 0.277 e. The average molecular weight is 258 g/mol. The zero-order chi connectivity index (χ0) is 10.6. The summed E-state index contributed by atoms with van der Waals surface area (Å²) in [6, 6.07) is 0.452. The van der Waals surface area contributed by atoms with Gasteiger partial charge in [-0.05, 0) is 26.3 Å². The van der Waals surface area contributed by atoms with Gasteiger partial charge >= 0.3 is 0 Å². The largest absolute Gasteiger partial charge is 0.314 e. The molecular formula is C8H20ClN3O2S. The van der Waals surface area contributed by atoms with Gasteiger partial charge in [-0.2, -0.15) is 13.1 Å². The fraction of sp³-hybridized carbons (Fsp3) is 1.00. The summed E-state index contributed by atoms with van der Waals surface area (Å²) in [4.78, 5) is 0. The molecule has 1 rings (SSSR count). The van der Waals surface area contributed by atoms with Crippen molar-refractivity contribution < 1.29 is 8.42 Å². The second-order valence-corrected chi connectivity index (χ2v) is 5.23. The number of piperidine rings is 1. The van der Waals surface area contributed by atoms with Crippen LogP contribution in [0.3, 0.4) is 0 Å². The lowest BCUT2D eigenvalue weighted by atomic mass is 10.0. The van der Waals surface area contributed by atoms with Crippen LogP contribution in [0.1, 0.15) is 26.7 Å². The molecule has 0 aromatic heterocycles. The summed E-state index contributed by atoms with van der Waals surface area (Å²) in [5.74, 6) is 0. The van der Waals surface area contributed by atoms with E-state index in [2.05, 4.69) is 21.7 Å². The van der Waals surface area contributed by atoms with Crippen molar-refractivity contribution >= 4 is 22.6 Å². The Hall–Kier alpha value is 0.120. The topological polar surface area (TPSA) is 70.2 Å². The molecule has 3 N–H and O–H groups in total. The summed E-state index contributed by atoms with van der Waals surface area (Å²) >= 11 is 0. The van der Waals surface area contributed by atoms with Gasteiger partial charge in [-0.25, -0.2) is 4.72 Å². The van der Waals surface area contributed by atoms with E-state index in [1.165, 1.54) is 0 Å². The Morgan fingerprint density at radius 1 is 1.47 bits per heavy atom. The molecule has 1 fully saturated rings. The van der Waals surface area contributed by atoms with Crippen LogP contribution < -0.4 is 14.8 Å². The van der Waals surface area contributed by atoms with Crippen molar-refractivity contribution in [3.05, 3.63) is 0 Å². The van der Waals surface area contributed by atoms with Crippen molar-refractivity contribution in [1.29, 1.82) is 0 Å². The van der Waals surface area contributed by atoms with E-state index in [1.54, 1.807) is 6.92 Å². The van der Waals surface area contributed by atoms with Gasteiger partial charge in [0.15, 0.2) is 0 Å². The van der Waals surface area contributed by atoms with Crippen molar-refractivity contribution in [2.45, 2.75) is 38.8 Å². The standard InChI is InChI=1S/C8H19N3O2S.ClH/c1-3-10-14(12,13)11-8-4-5-9-7(2)6-8;/h7-11H,3-6H2,1-2H3;1H. The molecular weight excluding hydrogens is 238 g/mol. The van der Waals surface area contributed by atoms with Crippen molar-refractivity contribution in [3.63, 3.8) is 0 Å². The molecule has 0 aromatic rings. The second-order valence-electron chi connectivity index (χ2n) is 3.70. The summed E-state index contributed by atoms with van der Waals surface area (Å²) < 4.78 is 27.8. The quantitative estimate of drug-likeness (QED) is 0.664. The molecule has 7 heteroatoms. The fourth-order valence-electron chi connectivity index (χ4n) is 1.69. The van der Waals surface area contributed by atoms with E-state index < -0.39 is 10.2 Å². The Balaban J connectivity index is 0.00000196. The molecule has 0 spiro atoms. The van der Waals surface area contributed by atoms with Gasteiger partial charge in [0.05, 0.1) is 0 Å². The molecule has 1 heterocycles. The van der Waals surface area contributed by atoms with Crippen LogP contribution in [0, 0.1) is 0 Å². The van der Waals surface area contributed by atoms with Crippen molar-refractivity contribution in [2.75, 3.05) is 13.1 Å². The first-order chi connectivity index (χ1) is 6.53. The second kappa shape index (κ2) is 6.65. The Kier molecular flexibility index (Phi) is 6.70. The highest BCUT2D eigenvalue weighted by atomic mass is 35.5. The lowest BCUT2D eigenvalue weighted by Gasteiger charge is -2.28. The van der Waals surface area contributed by atoms with Crippen molar-refractivity contribution in [3.8, 4) is 0 Å². The van der Waals surface area contributed by atoms with E-state index in [9.17, 15) is 8.42 Å². The molecule has 1 aliphatic heterocycles. The van der Waals surface area contributed by atoms with E-state index in [4.69, 9.17) is 0 Å². The molecule has 1 saturated heterocycles. The SMILES string of the molecule is CCNS(=O)(=O)NC1CCNC(C)C1.Cl. The van der Waals surface area contributed by atoms with E-state index in [0.29, 0.717) is 12.6 Å². The molecule has 15 heavy (non-hydrogen) atoms. The van der Waals surface area contributed by atoms with Gasteiger partial charge in [-0.1, -0.05) is 6.92 Å². The summed E-state index contributed by atoms with van der Waals surface area (Å²) in [5, 5.41) is 3.27. The van der Waals surface area contributed by atoms with E-state index in [1.807, 2.05) is 0 Å². The van der Waals surface area contributed by atoms with Gasteiger partial charge in [0, 0.05) is 18.6 Å². The first-order valence-electron chi connectivity index (χ1n) is 5.04. The van der Waals surface area contributed by atoms with Gasteiger partial charge in [-0.15, -0.1) is 12.4 Å². The van der Waals surface area contributed by atoms with Crippen LogP contribution in [0.15, 0.2) is 0 Å². The van der Waals surface area contributed by atoms with Crippen molar-refractivity contribution in [2.24, 2.45) is 0 Å². The predicted octanol–water partition coefficient (Wildman–Crippen LogP) is -0.00740. The highest BCUT2D eigenvalue weighted by molar-refractivity contribution is 7.87. The predicted molar refractivity (Wildman–Crippen MR) is 63.5 cm³/mol. The third-order valence-corrected chi connectivity index (χ3v) is 3.59. The first kappa shape index (κ1) is 15.1. The molecule has 2 atom stereocenters. The fourth-order valence-corrected chi connectivity index (χ4v) is 2.81. The monoisotopic (exact) mass is 257 g/mol. The lowest BCUT2D eigenvalue weighted by Crippen LogP contribution is -2.49. The average Bonchev–Trinajstić information content (AvgIpc) is 2.02. The first-order valence-corrected chi connectivity index (χ1v) is 6.52. The van der Waals surface area contributed by atoms with Crippen LogP contribution >= 0.6 is 12.4 Å². The maximum atomic E-state index is 11.4. The van der Waals surface area contributed by atoms with Crippen LogP contribution in [0.5, 0.6) is 0 Å². The normalized spacial score (nSPS) is 27.1. The van der Waals surface area contributed by atoms with Crippen molar-refractivity contribution in [1.82, 2.24) is 14.8 Å². The molecule has 0 amide bonds. The number of hydrogen-bond donors (Lipinski definition) is 3. The minimum Gasteiger partial charge on any atom is -0.314 e. The lowest BCUT2D eigenvalue weighted by molar-refractivity contribution is 0.360. The van der Waals surface area contributed by atoms with Crippen LogP contribution in [0.4, 0.5) is 0 Å². The molecule has 0 aromatic carbocycles. The number of halogens is 1. The number of hydrogen-bond acceptors (Lipinski definition) is 3. The third kappa shape index (κ3) is 5.67. The highest BCUT2D eigenvalue weighted by Crippen LogP contribution is 2.08. The maximum absolute atomic E-state index is 11.4. The molecule has 0 aliphatic carbocycles. The summed E-state index contributed by atoms with van der Waals surface area (Å²) in [5.41, 5.74) is 0. The minimum absolute atomic E-state index is 0. The molecule has 2 unspecified atom stereocenters. The Bertz CT molecular complexity index is 271. The molecule has 0 saturated carbocycles. The molecule has 0 bridgehead atoms. The summed E-state index contributed by atoms with van der Waals surface area (Å²) in [6.07, 6.45) is 1.71. The Morgan fingerprint density at radius 3 is 2.67 bits per heavy atom. The van der Waals surface area contributed by atoms with E-state index >= 15 is 0 Å². The Labute approximate surface area is 98.0 Å². The molecule has 5 nitrogen and oxygen atoms in total. The summed E-state index contributed by atoms with van der Waals surface area (Å²) in [7, 11) is -3.28. The molecule has 1 aliphatic rings. The highest BCUT2D eigenvalue weighted by Gasteiger charge is 2.22. The van der Waals surface area contributed by atoms with Gasteiger partial charge in [0.1, 0.15) is 0 Å². The van der Waals surface area contributed by atoms with Gasteiger partial charge in [0.2, 0.25) is 0 Å². The van der Waals surface area contributed by atoms with E-state index in [0.717, 1.165) is 19.4 Å². The number of nitrogens with one attached hydrogen (secondary N) is 3. The van der Waals surface area contributed by atoms with Gasteiger partial charge in [-0.3, -0.25) is 0 Å². The molecule has 0 radical (unpaired) electrons. The zero-order valence-corrected chi connectivity index (χ0v) is 10.7. The van der Waals surface area contributed by atoms with Crippen LogP contribution in [0.2, 0.25) is 0 Å². The van der Waals surface area contributed by atoms with E-state index in [-0.39, 0.29) is 18.4 Å². The Morgan fingerprint density at radius 2 is 2.13 bits per heavy atom. The minimum atomic E-state index is -3.28. The van der Waals surface area contributed by atoms with Crippen LogP contribution in [-0.2, 0) is 10.2 Å². The van der Waals surface area contributed by atoms with Gasteiger partial charge in [0.25, 0.3) is 10.2 Å². The van der Waals surface area contributed by atoms with Gasteiger partial charge < -0.3 is 5.32 Å². The molecule has 92 valence electrons. The number of rotatable bonds is 4.